The standard InChI is InChI=1S/C23H19N5OS2/c1-16-10-12-18(13-11-16)31-21-19(22(29)28-14-6-5-9-20(28)26-21)15-24-27-23(30)25-17-7-3-2-4-8-17/h2-15H,1H3,(H2,25,27,30)/b24-15+. The topological polar surface area (TPSA) is 70.8 Å². The lowest BCUT2D eigenvalue weighted by Gasteiger charge is -2.09. The third-order valence-electron chi connectivity index (χ3n) is 4.36. The summed E-state index contributed by atoms with van der Waals surface area (Å²) in [5.41, 5.74) is 5.53. The van der Waals surface area contributed by atoms with Crippen molar-refractivity contribution in [2.45, 2.75) is 16.8 Å². The highest BCUT2D eigenvalue weighted by Gasteiger charge is 2.13. The minimum absolute atomic E-state index is 0.201. The summed E-state index contributed by atoms with van der Waals surface area (Å²) in [5.74, 6) is 0. The van der Waals surface area contributed by atoms with Crippen LogP contribution in [0.2, 0.25) is 0 Å². The normalized spacial score (nSPS) is 11.0. The monoisotopic (exact) mass is 445 g/mol. The zero-order chi connectivity index (χ0) is 21.6. The Hall–Kier alpha value is -3.49. The summed E-state index contributed by atoms with van der Waals surface area (Å²) in [6, 6.07) is 23.0. The van der Waals surface area contributed by atoms with Crippen molar-refractivity contribution in [1.82, 2.24) is 14.8 Å². The van der Waals surface area contributed by atoms with E-state index in [1.807, 2.05) is 67.6 Å². The highest BCUT2D eigenvalue weighted by molar-refractivity contribution is 7.99. The first-order valence-corrected chi connectivity index (χ1v) is 10.7. The van der Waals surface area contributed by atoms with Crippen LogP contribution in [0, 0.1) is 6.92 Å². The van der Waals surface area contributed by atoms with Crippen molar-refractivity contribution in [3.05, 3.63) is 100 Å². The molecule has 0 bridgehead atoms. The van der Waals surface area contributed by atoms with Crippen LogP contribution in [-0.2, 0) is 0 Å². The maximum absolute atomic E-state index is 13.1. The molecule has 0 radical (unpaired) electrons. The van der Waals surface area contributed by atoms with Crippen LogP contribution in [0.5, 0.6) is 0 Å². The molecule has 0 atom stereocenters. The lowest BCUT2D eigenvalue weighted by Crippen LogP contribution is -2.25. The van der Waals surface area contributed by atoms with E-state index < -0.39 is 0 Å². The van der Waals surface area contributed by atoms with Gasteiger partial charge >= 0.3 is 0 Å². The van der Waals surface area contributed by atoms with E-state index in [0.717, 1.165) is 10.6 Å². The predicted octanol–water partition coefficient (Wildman–Crippen LogP) is 4.47. The first kappa shape index (κ1) is 20.8. The van der Waals surface area contributed by atoms with E-state index in [4.69, 9.17) is 12.2 Å². The van der Waals surface area contributed by atoms with Crippen molar-refractivity contribution in [3.8, 4) is 0 Å². The molecule has 4 aromatic rings. The number of hydrogen-bond donors (Lipinski definition) is 2. The summed E-state index contributed by atoms with van der Waals surface area (Å²) in [6.45, 7) is 2.03. The summed E-state index contributed by atoms with van der Waals surface area (Å²) in [6.07, 6.45) is 3.15. The van der Waals surface area contributed by atoms with E-state index in [1.165, 1.54) is 27.9 Å². The van der Waals surface area contributed by atoms with Crippen LogP contribution in [0.25, 0.3) is 5.65 Å². The van der Waals surface area contributed by atoms with E-state index in [-0.39, 0.29) is 5.56 Å². The number of hydrazone groups is 1. The van der Waals surface area contributed by atoms with Crippen LogP contribution in [0.1, 0.15) is 11.1 Å². The van der Waals surface area contributed by atoms with Gasteiger partial charge in [0.15, 0.2) is 5.11 Å². The summed E-state index contributed by atoms with van der Waals surface area (Å²) < 4.78 is 1.50. The molecule has 4 rings (SSSR count). The summed E-state index contributed by atoms with van der Waals surface area (Å²) in [7, 11) is 0. The number of rotatable bonds is 5. The van der Waals surface area contributed by atoms with Crippen molar-refractivity contribution < 1.29 is 0 Å². The average molecular weight is 446 g/mol. The number of thiocarbonyl (C=S) groups is 1. The van der Waals surface area contributed by atoms with Crippen molar-refractivity contribution >= 4 is 46.6 Å². The minimum Gasteiger partial charge on any atom is -0.331 e. The quantitative estimate of drug-likeness (QED) is 0.204. The number of aromatic nitrogens is 2. The Bertz CT molecular complexity index is 1300. The lowest BCUT2D eigenvalue weighted by molar-refractivity contribution is 0.970. The Kier molecular flexibility index (Phi) is 6.40. The SMILES string of the molecule is Cc1ccc(Sc2nc3ccccn3c(=O)c2/C=N/NC(=S)Nc2ccccc2)cc1. The van der Waals surface area contributed by atoms with Gasteiger partial charge in [-0.05, 0) is 55.5 Å². The Balaban J connectivity index is 1.62. The Morgan fingerprint density at radius 2 is 1.81 bits per heavy atom. The van der Waals surface area contributed by atoms with Crippen LogP contribution in [0.4, 0.5) is 5.69 Å². The van der Waals surface area contributed by atoms with E-state index in [2.05, 4.69) is 20.8 Å². The van der Waals surface area contributed by atoms with Gasteiger partial charge in [-0.15, -0.1) is 0 Å². The van der Waals surface area contributed by atoms with Gasteiger partial charge in [0.1, 0.15) is 10.7 Å². The maximum atomic E-state index is 13.1. The van der Waals surface area contributed by atoms with Crippen LogP contribution in [0.15, 0.2) is 98.8 Å². The van der Waals surface area contributed by atoms with Gasteiger partial charge in [0, 0.05) is 16.8 Å². The third kappa shape index (κ3) is 5.17. The number of fused-ring (bicyclic) bond motifs is 1. The maximum Gasteiger partial charge on any atom is 0.267 e. The van der Waals surface area contributed by atoms with Gasteiger partial charge in [-0.3, -0.25) is 14.6 Å². The molecular formula is C23H19N5OS2. The van der Waals surface area contributed by atoms with Crippen LogP contribution >= 0.6 is 24.0 Å². The Morgan fingerprint density at radius 1 is 1.06 bits per heavy atom. The van der Waals surface area contributed by atoms with Gasteiger partial charge in [0.25, 0.3) is 5.56 Å². The second kappa shape index (κ2) is 9.55. The molecule has 31 heavy (non-hydrogen) atoms. The molecule has 0 saturated heterocycles. The molecule has 0 amide bonds. The highest BCUT2D eigenvalue weighted by Crippen LogP contribution is 2.27. The van der Waals surface area contributed by atoms with Gasteiger partial charge in [-0.2, -0.15) is 5.10 Å². The Labute approximate surface area is 189 Å². The summed E-state index contributed by atoms with van der Waals surface area (Å²) >= 11 is 6.69. The van der Waals surface area contributed by atoms with Gasteiger partial charge in [-0.1, -0.05) is 53.7 Å². The molecule has 2 aromatic heterocycles. The van der Waals surface area contributed by atoms with Crippen molar-refractivity contribution in [3.63, 3.8) is 0 Å². The number of nitrogens with one attached hydrogen (secondary N) is 2. The number of anilines is 1. The molecule has 0 saturated carbocycles. The minimum atomic E-state index is -0.201. The third-order valence-corrected chi connectivity index (χ3v) is 5.57. The van der Waals surface area contributed by atoms with E-state index in [1.54, 1.807) is 18.3 Å². The van der Waals surface area contributed by atoms with Crippen LogP contribution < -0.4 is 16.3 Å². The molecule has 2 N–H and O–H groups in total. The number of para-hydroxylation sites is 1. The van der Waals surface area contributed by atoms with Crippen molar-refractivity contribution in [1.29, 1.82) is 0 Å². The van der Waals surface area contributed by atoms with Crippen LogP contribution in [0.3, 0.4) is 0 Å². The first-order valence-electron chi connectivity index (χ1n) is 9.51. The number of hydrogen-bond acceptors (Lipinski definition) is 5. The number of benzene rings is 2. The summed E-state index contributed by atoms with van der Waals surface area (Å²) in [4.78, 5) is 18.8. The molecule has 0 fully saturated rings. The molecule has 0 aliphatic heterocycles. The number of nitrogens with zero attached hydrogens (tertiary/aromatic N) is 3. The lowest BCUT2D eigenvalue weighted by atomic mass is 10.2. The van der Waals surface area contributed by atoms with Gasteiger partial charge in [-0.25, -0.2) is 4.98 Å². The molecule has 0 unspecified atom stereocenters. The molecule has 154 valence electrons. The van der Waals surface area contributed by atoms with Crippen LogP contribution in [-0.4, -0.2) is 20.7 Å². The molecule has 0 aliphatic carbocycles. The van der Waals surface area contributed by atoms with Crippen molar-refractivity contribution in [2.24, 2.45) is 5.10 Å². The second-order valence-electron chi connectivity index (χ2n) is 6.67. The van der Waals surface area contributed by atoms with E-state index in [9.17, 15) is 4.79 Å². The molecule has 0 aliphatic rings. The molecule has 6 nitrogen and oxygen atoms in total. The Morgan fingerprint density at radius 3 is 2.58 bits per heavy atom. The first-order chi connectivity index (χ1) is 15.1. The van der Waals surface area contributed by atoms with Gasteiger partial charge in [0.05, 0.1) is 11.8 Å². The molecule has 2 heterocycles. The number of pyridine rings is 1. The summed E-state index contributed by atoms with van der Waals surface area (Å²) in [5, 5.41) is 8.11. The average Bonchev–Trinajstić information content (AvgIpc) is 2.78. The van der Waals surface area contributed by atoms with Gasteiger partial charge in [0.2, 0.25) is 0 Å². The van der Waals surface area contributed by atoms with Crippen molar-refractivity contribution in [2.75, 3.05) is 5.32 Å². The molecule has 2 aromatic carbocycles. The predicted molar refractivity (Wildman–Crippen MR) is 130 cm³/mol. The number of aryl methyl sites for hydroxylation is 1. The molecule has 8 heteroatoms. The second-order valence-corrected chi connectivity index (χ2v) is 8.14. The fraction of sp³-hybridized carbons (Fsp3) is 0.0435. The zero-order valence-electron chi connectivity index (χ0n) is 16.6. The van der Waals surface area contributed by atoms with E-state index in [0.29, 0.717) is 21.3 Å². The smallest absolute Gasteiger partial charge is 0.267 e. The highest BCUT2D eigenvalue weighted by atomic mass is 32.2. The fourth-order valence-corrected chi connectivity index (χ4v) is 3.88. The van der Waals surface area contributed by atoms with E-state index >= 15 is 0 Å². The van der Waals surface area contributed by atoms with Gasteiger partial charge < -0.3 is 5.32 Å². The molecule has 0 spiro atoms. The molecular weight excluding hydrogens is 426 g/mol. The fourth-order valence-electron chi connectivity index (χ4n) is 2.82. The largest absolute Gasteiger partial charge is 0.331 e. The zero-order valence-corrected chi connectivity index (χ0v) is 18.3.